The van der Waals surface area contributed by atoms with Crippen LogP contribution in [-0.4, -0.2) is 17.4 Å². The van der Waals surface area contributed by atoms with Crippen molar-refractivity contribution in [3.8, 4) is 0 Å². The number of amides is 1. The van der Waals surface area contributed by atoms with Crippen LogP contribution >= 0.6 is 23.1 Å². The Bertz CT molecular complexity index is 412. The zero-order valence-corrected chi connectivity index (χ0v) is 10.1. The average Bonchev–Trinajstić information content (AvgIpc) is 2.43. The lowest BCUT2D eigenvalue weighted by Crippen LogP contribution is -2.13. The van der Waals surface area contributed by atoms with Gasteiger partial charge in [0.25, 0.3) is 5.91 Å². The molecular weight excluding hydrogens is 232 g/mol. The van der Waals surface area contributed by atoms with Crippen LogP contribution in [0, 0.1) is 0 Å². The maximum absolute atomic E-state index is 11.2. The van der Waals surface area contributed by atoms with Crippen LogP contribution < -0.4 is 11.5 Å². The minimum Gasteiger partial charge on any atom is -0.397 e. The summed E-state index contributed by atoms with van der Waals surface area (Å²) in [6, 6.07) is 0. The second kappa shape index (κ2) is 4.67. The number of anilines is 1. The van der Waals surface area contributed by atoms with Gasteiger partial charge in [-0.15, -0.1) is 23.1 Å². The molecule has 0 radical (unpaired) electrons. The van der Waals surface area contributed by atoms with E-state index in [0.717, 1.165) is 9.96 Å². The number of Topliss-reactive ketones (excluding diaryl/α,β-unsaturated/α-hetero) is 1. The van der Waals surface area contributed by atoms with Gasteiger partial charge < -0.3 is 11.5 Å². The third-order valence-electron chi connectivity index (χ3n) is 1.75. The first kappa shape index (κ1) is 12.1. The molecule has 0 fully saturated rings. The minimum atomic E-state index is -0.577. The van der Waals surface area contributed by atoms with Gasteiger partial charge >= 0.3 is 0 Å². The Morgan fingerprint density at radius 1 is 1.47 bits per heavy atom. The maximum Gasteiger partial charge on any atom is 0.252 e. The van der Waals surface area contributed by atoms with Crippen molar-refractivity contribution in [2.24, 2.45) is 5.73 Å². The summed E-state index contributed by atoms with van der Waals surface area (Å²) in [5, 5.41) is 0. The van der Waals surface area contributed by atoms with Crippen LogP contribution in [0.2, 0.25) is 0 Å². The van der Waals surface area contributed by atoms with Gasteiger partial charge in [-0.1, -0.05) is 6.92 Å². The average molecular weight is 244 g/mol. The van der Waals surface area contributed by atoms with E-state index >= 15 is 0 Å². The molecule has 0 atom stereocenters. The standard InChI is InChI=1S/C9H12N2O2S2/c1-3-14-9-5(8(11)13)6(10)7(15-9)4(2)12/h3,10H2,1-2H3,(H2,11,13). The van der Waals surface area contributed by atoms with E-state index in [1.54, 1.807) is 0 Å². The third-order valence-corrected chi connectivity index (χ3v) is 4.21. The molecule has 0 unspecified atom stereocenters. The molecule has 0 bridgehead atoms. The van der Waals surface area contributed by atoms with E-state index in [4.69, 9.17) is 11.5 Å². The predicted octanol–water partition coefficient (Wildman–Crippen LogP) is 1.74. The molecule has 1 rings (SSSR count). The molecule has 0 aromatic carbocycles. The molecule has 6 heteroatoms. The molecule has 0 aliphatic carbocycles. The van der Waals surface area contributed by atoms with Crippen molar-refractivity contribution in [2.75, 3.05) is 11.5 Å². The molecule has 1 aromatic rings. The molecule has 0 spiro atoms. The zero-order valence-electron chi connectivity index (χ0n) is 8.49. The first-order chi connectivity index (χ1) is 6.99. The molecule has 0 aliphatic rings. The van der Waals surface area contributed by atoms with E-state index < -0.39 is 5.91 Å². The summed E-state index contributed by atoms with van der Waals surface area (Å²) in [6.07, 6.45) is 0. The third kappa shape index (κ3) is 2.32. The molecule has 4 nitrogen and oxygen atoms in total. The van der Waals surface area contributed by atoms with Crippen LogP contribution in [0.15, 0.2) is 4.21 Å². The van der Waals surface area contributed by atoms with Crippen molar-refractivity contribution in [1.29, 1.82) is 0 Å². The molecule has 0 saturated heterocycles. The zero-order chi connectivity index (χ0) is 11.6. The Morgan fingerprint density at radius 2 is 2.07 bits per heavy atom. The molecule has 0 saturated carbocycles. The Kier molecular flexibility index (Phi) is 3.76. The Labute approximate surface area is 96.0 Å². The van der Waals surface area contributed by atoms with Gasteiger partial charge in [0.05, 0.1) is 20.3 Å². The highest BCUT2D eigenvalue weighted by atomic mass is 32.2. The van der Waals surface area contributed by atoms with Crippen molar-refractivity contribution in [2.45, 2.75) is 18.1 Å². The highest BCUT2D eigenvalue weighted by Gasteiger charge is 2.21. The molecule has 82 valence electrons. The van der Waals surface area contributed by atoms with Crippen LogP contribution in [0.1, 0.15) is 33.9 Å². The van der Waals surface area contributed by atoms with Crippen LogP contribution in [-0.2, 0) is 0 Å². The molecule has 1 heterocycles. The first-order valence-corrected chi connectivity index (χ1v) is 6.15. The van der Waals surface area contributed by atoms with E-state index in [2.05, 4.69) is 0 Å². The second-order valence-corrected chi connectivity index (χ2v) is 5.41. The smallest absolute Gasteiger partial charge is 0.252 e. The number of carbonyl (C=O) groups is 2. The molecule has 15 heavy (non-hydrogen) atoms. The van der Waals surface area contributed by atoms with Crippen LogP contribution in [0.25, 0.3) is 0 Å². The number of ketones is 1. The fourth-order valence-corrected chi connectivity index (χ4v) is 3.46. The number of rotatable bonds is 4. The van der Waals surface area contributed by atoms with E-state index in [1.807, 2.05) is 6.92 Å². The maximum atomic E-state index is 11.2. The number of nitrogens with two attached hydrogens (primary N) is 2. The minimum absolute atomic E-state index is 0.136. The van der Waals surface area contributed by atoms with Gasteiger partial charge in [-0.05, 0) is 5.75 Å². The number of nitrogen functional groups attached to an aromatic ring is 1. The van der Waals surface area contributed by atoms with Crippen LogP contribution in [0.5, 0.6) is 0 Å². The summed E-state index contributed by atoms with van der Waals surface area (Å²) < 4.78 is 0.729. The van der Waals surface area contributed by atoms with Gasteiger partial charge in [0.15, 0.2) is 5.78 Å². The molecule has 4 N–H and O–H groups in total. The Hall–Kier alpha value is -1.01. The lowest BCUT2D eigenvalue weighted by Gasteiger charge is -1.98. The number of carbonyl (C=O) groups excluding carboxylic acids is 2. The fourth-order valence-electron chi connectivity index (χ4n) is 1.15. The summed E-state index contributed by atoms with van der Waals surface area (Å²) in [4.78, 5) is 22.8. The van der Waals surface area contributed by atoms with E-state index in [0.29, 0.717) is 4.88 Å². The second-order valence-electron chi connectivity index (χ2n) is 2.86. The number of thiophene rings is 1. The van der Waals surface area contributed by atoms with Gasteiger partial charge in [-0.2, -0.15) is 0 Å². The molecule has 1 amide bonds. The summed E-state index contributed by atoms with van der Waals surface area (Å²) in [7, 11) is 0. The van der Waals surface area contributed by atoms with Crippen molar-refractivity contribution < 1.29 is 9.59 Å². The Morgan fingerprint density at radius 3 is 2.47 bits per heavy atom. The van der Waals surface area contributed by atoms with Crippen LogP contribution in [0.4, 0.5) is 5.69 Å². The first-order valence-electron chi connectivity index (χ1n) is 4.34. The fraction of sp³-hybridized carbons (Fsp3) is 0.333. The van der Waals surface area contributed by atoms with Crippen molar-refractivity contribution in [3.63, 3.8) is 0 Å². The van der Waals surface area contributed by atoms with Crippen molar-refractivity contribution >= 4 is 40.5 Å². The highest BCUT2D eigenvalue weighted by molar-refractivity contribution is 8.01. The quantitative estimate of drug-likeness (QED) is 0.624. The topological polar surface area (TPSA) is 86.2 Å². The van der Waals surface area contributed by atoms with Gasteiger partial charge in [0.1, 0.15) is 0 Å². The van der Waals surface area contributed by atoms with Crippen LogP contribution in [0.3, 0.4) is 0 Å². The number of primary amides is 1. The van der Waals surface area contributed by atoms with Crippen molar-refractivity contribution in [1.82, 2.24) is 0 Å². The summed E-state index contributed by atoms with van der Waals surface area (Å²) in [6.45, 7) is 3.38. The molecule has 0 aliphatic heterocycles. The molecule has 1 aromatic heterocycles. The summed E-state index contributed by atoms with van der Waals surface area (Å²) >= 11 is 2.70. The van der Waals surface area contributed by atoms with E-state index in [9.17, 15) is 9.59 Å². The summed E-state index contributed by atoms with van der Waals surface area (Å²) in [5.41, 5.74) is 11.4. The van der Waals surface area contributed by atoms with Gasteiger partial charge in [0.2, 0.25) is 0 Å². The van der Waals surface area contributed by atoms with Crippen molar-refractivity contribution in [3.05, 3.63) is 10.4 Å². The molecular formula is C9H12N2O2S2. The van der Waals surface area contributed by atoms with E-state index in [-0.39, 0.29) is 17.0 Å². The number of thioether (sulfide) groups is 1. The SMILES string of the molecule is CCSc1sc(C(C)=O)c(N)c1C(N)=O. The normalized spacial score (nSPS) is 10.3. The summed E-state index contributed by atoms with van der Waals surface area (Å²) in [5.74, 6) is 0.0903. The lowest BCUT2D eigenvalue weighted by molar-refractivity contribution is 0.0998. The monoisotopic (exact) mass is 244 g/mol. The largest absolute Gasteiger partial charge is 0.397 e. The highest BCUT2D eigenvalue weighted by Crippen LogP contribution is 2.37. The van der Waals surface area contributed by atoms with Gasteiger partial charge in [-0.25, -0.2) is 0 Å². The van der Waals surface area contributed by atoms with E-state index in [1.165, 1.54) is 30.0 Å². The number of hydrogen-bond donors (Lipinski definition) is 2. The number of hydrogen-bond acceptors (Lipinski definition) is 5. The van der Waals surface area contributed by atoms with Gasteiger partial charge in [-0.3, -0.25) is 9.59 Å². The lowest BCUT2D eigenvalue weighted by atomic mass is 10.2. The predicted molar refractivity (Wildman–Crippen MR) is 63.7 cm³/mol. The van der Waals surface area contributed by atoms with Gasteiger partial charge in [0, 0.05) is 6.92 Å². The Balaban J connectivity index is 3.32.